The number of aryl methyl sites for hydroxylation is 1. The molecule has 0 bridgehead atoms. The van der Waals surface area contributed by atoms with E-state index in [4.69, 9.17) is 0 Å². The summed E-state index contributed by atoms with van der Waals surface area (Å²) in [6, 6.07) is 10.2. The molecule has 0 aliphatic carbocycles. The summed E-state index contributed by atoms with van der Waals surface area (Å²) in [5, 5.41) is 2.37. The predicted octanol–water partition coefficient (Wildman–Crippen LogP) is 3.17. The first-order valence-corrected chi connectivity index (χ1v) is 9.44. The number of rotatable bonds is 7. The predicted molar refractivity (Wildman–Crippen MR) is 89.2 cm³/mol. The van der Waals surface area contributed by atoms with E-state index in [9.17, 15) is 13.0 Å². The summed E-state index contributed by atoms with van der Waals surface area (Å²) >= 11 is 0. The van der Waals surface area contributed by atoms with Crippen LogP contribution in [0.3, 0.4) is 0 Å². The highest BCUT2D eigenvalue weighted by Crippen LogP contribution is 2.24. The lowest BCUT2D eigenvalue weighted by atomic mass is 9.89. The molecule has 2 rings (SSSR count). The Morgan fingerprint density at radius 3 is 2.68 bits per heavy atom. The van der Waals surface area contributed by atoms with Crippen molar-refractivity contribution in [1.82, 2.24) is 5.32 Å². The van der Waals surface area contributed by atoms with Crippen LogP contribution in [0, 0.1) is 5.92 Å². The maximum atomic E-state index is 11.5. The molecule has 5 heteroatoms. The first-order chi connectivity index (χ1) is 10.5. The lowest BCUT2D eigenvalue weighted by Crippen LogP contribution is -2.44. The van der Waals surface area contributed by atoms with Crippen molar-refractivity contribution in [2.24, 2.45) is 5.92 Å². The average molecular weight is 323 g/mol. The molecule has 1 aliphatic rings. The van der Waals surface area contributed by atoms with Gasteiger partial charge < -0.3 is 5.32 Å². The Kier molecular flexibility index (Phi) is 6.03. The quantitative estimate of drug-likeness (QED) is 0.756. The fourth-order valence-electron chi connectivity index (χ4n) is 3.18. The minimum absolute atomic E-state index is 0.202. The van der Waals surface area contributed by atoms with E-state index in [2.05, 4.69) is 23.5 Å². The van der Waals surface area contributed by atoms with Gasteiger partial charge in [0, 0.05) is 6.04 Å². The Bertz CT molecular complexity index is 583. The van der Waals surface area contributed by atoms with Crippen LogP contribution in [-0.2, 0) is 16.5 Å². The summed E-state index contributed by atoms with van der Waals surface area (Å²) in [5.41, 5.74) is 1.33. The molecule has 3 unspecified atom stereocenters. The van der Waals surface area contributed by atoms with Crippen LogP contribution in [0.1, 0.15) is 38.2 Å². The zero-order valence-corrected chi connectivity index (χ0v) is 13.8. The van der Waals surface area contributed by atoms with Gasteiger partial charge in [-0.3, -0.25) is 4.55 Å². The van der Waals surface area contributed by atoms with Gasteiger partial charge in [-0.1, -0.05) is 43.3 Å². The van der Waals surface area contributed by atoms with Crippen molar-refractivity contribution in [2.45, 2.75) is 50.3 Å². The Morgan fingerprint density at radius 2 is 2.05 bits per heavy atom. The van der Waals surface area contributed by atoms with E-state index in [0.29, 0.717) is 12.3 Å². The van der Waals surface area contributed by atoms with Crippen LogP contribution in [0.2, 0.25) is 0 Å². The summed E-state index contributed by atoms with van der Waals surface area (Å²) in [5.74, 6) is 0.366. The largest absolute Gasteiger partial charge is 0.387 e. The van der Waals surface area contributed by atoms with Gasteiger partial charge in [-0.25, -0.2) is 0 Å². The van der Waals surface area contributed by atoms with Crippen molar-refractivity contribution in [3.05, 3.63) is 48.2 Å². The molecule has 22 heavy (non-hydrogen) atoms. The number of allylic oxidation sites excluding steroid dienone is 1. The van der Waals surface area contributed by atoms with Crippen LogP contribution >= 0.6 is 0 Å². The lowest BCUT2D eigenvalue weighted by molar-refractivity contribution is 0.371. The molecular weight excluding hydrogens is 298 g/mol. The monoisotopic (exact) mass is 323 g/mol. The highest BCUT2D eigenvalue weighted by Gasteiger charge is 2.32. The molecule has 3 atom stereocenters. The van der Waals surface area contributed by atoms with Gasteiger partial charge in [0.2, 0.25) is 0 Å². The molecule has 0 fully saturated rings. The van der Waals surface area contributed by atoms with Crippen molar-refractivity contribution < 1.29 is 13.0 Å². The third-order valence-electron chi connectivity index (χ3n) is 4.35. The summed E-state index contributed by atoms with van der Waals surface area (Å²) in [4.78, 5) is 0. The maximum absolute atomic E-state index is 11.5. The van der Waals surface area contributed by atoms with Gasteiger partial charge in [0.15, 0.2) is 0 Å². The molecule has 122 valence electrons. The molecule has 0 spiro atoms. The zero-order chi connectivity index (χ0) is 16.0. The molecule has 0 radical (unpaired) electrons. The highest BCUT2D eigenvalue weighted by atomic mass is 32.2. The second-order valence-electron chi connectivity index (χ2n) is 5.97. The highest BCUT2D eigenvalue weighted by molar-refractivity contribution is 7.86. The van der Waals surface area contributed by atoms with Gasteiger partial charge >= 0.3 is 0 Å². The third-order valence-corrected chi connectivity index (χ3v) is 5.78. The van der Waals surface area contributed by atoms with Gasteiger partial charge in [-0.05, 0) is 49.8 Å². The molecule has 0 saturated heterocycles. The van der Waals surface area contributed by atoms with E-state index in [1.807, 2.05) is 24.4 Å². The molecular formula is C17H25NO3S. The normalized spacial score (nSPS) is 23.0. The van der Waals surface area contributed by atoms with Crippen LogP contribution in [0.5, 0.6) is 0 Å². The Morgan fingerprint density at radius 1 is 1.32 bits per heavy atom. The Labute approximate surface area is 133 Å². The number of hydrogen-bond acceptors (Lipinski definition) is 3. The van der Waals surface area contributed by atoms with Crippen molar-refractivity contribution in [3.8, 4) is 0 Å². The van der Waals surface area contributed by atoms with Crippen LogP contribution < -0.4 is 5.32 Å². The summed E-state index contributed by atoms with van der Waals surface area (Å²) in [7, 11) is -4.00. The van der Waals surface area contributed by atoms with E-state index in [1.54, 1.807) is 6.92 Å². The molecule has 1 aromatic carbocycles. The van der Waals surface area contributed by atoms with Gasteiger partial charge in [0.05, 0.1) is 0 Å². The zero-order valence-electron chi connectivity index (χ0n) is 13.0. The second-order valence-corrected chi connectivity index (χ2v) is 7.60. The van der Waals surface area contributed by atoms with Crippen LogP contribution in [0.25, 0.3) is 0 Å². The minimum atomic E-state index is -4.00. The van der Waals surface area contributed by atoms with Gasteiger partial charge in [0.1, 0.15) is 5.25 Å². The maximum Gasteiger partial charge on any atom is 0.269 e. The van der Waals surface area contributed by atoms with Crippen LogP contribution in [0.15, 0.2) is 42.6 Å². The summed E-state index contributed by atoms with van der Waals surface area (Å²) in [6.45, 7) is 1.79. The number of benzene rings is 1. The molecule has 0 saturated carbocycles. The van der Waals surface area contributed by atoms with E-state index < -0.39 is 15.4 Å². The number of hydrogen-bond donors (Lipinski definition) is 2. The van der Waals surface area contributed by atoms with E-state index in [0.717, 1.165) is 25.7 Å². The fraction of sp³-hybridized carbons (Fsp3) is 0.529. The van der Waals surface area contributed by atoms with Gasteiger partial charge in [-0.2, -0.15) is 8.42 Å². The molecule has 0 amide bonds. The summed E-state index contributed by atoms with van der Waals surface area (Å²) < 4.78 is 32.3. The van der Waals surface area contributed by atoms with E-state index in [1.165, 1.54) is 5.56 Å². The average Bonchev–Trinajstić information content (AvgIpc) is 2.48. The smallest absolute Gasteiger partial charge is 0.269 e. The van der Waals surface area contributed by atoms with Crippen molar-refractivity contribution in [2.75, 3.05) is 0 Å². The van der Waals surface area contributed by atoms with E-state index in [-0.39, 0.29) is 6.04 Å². The van der Waals surface area contributed by atoms with Crippen molar-refractivity contribution in [1.29, 1.82) is 0 Å². The van der Waals surface area contributed by atoms with Crippen molar-refractivity contribution in [3.63, 3.8) is 0 Å². The standard InChI is InChI=1S/C17H25NO3S/c1-2-17(22(19,20)21)16-13-15(11-12-18-16)10-6-9-14-7-4-3-5-8-14/h3-5,7-8,11-12,15-18H,2,6,9-10,13H2,1H3,(H,19,20,21). The Balaban J connectivity index is 1.86. The minimum Gasteiger partial charge on any atom is -0.387 e. The lowest BCUT2D eigenvalue weighted by Gasteiger charge is -2.30. The molecule has 1 heterocycles. The molecule has 4 nitrogen and oxygen atoms in total. The first-order valence-electron chi connectivity index (χ1n) is 7.93. The topological polar surface area (TPSA) is 66.4 Å². The number of nitrogens with one attached hydrogen (secondary N) is 1. The second kappa shape index (κ2) is 7.79. The Hall–Kier alpha value is -1.33. The fourth-order valence-corrected chi connectivity index (χ4v) is 4.20. The summed E-state index contributed by atoms with van der Waals surface area (Å²) in [6.07, 6.45) is 8.27. The van der Waals surface area contributed by atoms with Crippen LogP contribution in [-0.4, -0.2) is 24.3 Å². The molecule has 1 aromatic rings. The molecule has 2 N–H and O–H groups in total. The van der Waals surface area contributed by atoms with E-state index >= 15 is 0 Å². The van der Waals surface area contributed by atoms with Gasteiger partial charge in [-0.15, -0.1) is 0 Å². The first kappa shape index (κ1) is 17.0. The molecule has 0 aromatic heterocycles. The van der Waals surface area contributed by atoms with Crippen molar-refractivity contribution >= 4 is 10.1 Å². The molecule has 1 aliphatic heterocycles. The van der Waals surface area contributed by atoms with Crippen LogP contribution in [0.4, 0.5) is 0 Å². The third kappa shape index (κ3) is 4.85. The van der Waals surface area contributed by atoms with Gasteiger partial charge in [0.25, 0.3) is 10.1 Å². The SMILES string of the molecule is CCC(C1CC(CCCc2ccccc2)C=CN1)S(=O)(=O)O.